The summed E-state index contributed by atoms with van der Waals surface area (Å²) >= 11 is 0. The zero-order valence-corrected chi connectivity index (χ0v) is 9.76. The fraction of sp³-hybridized carbons (Fsp3) is 1.00. The molecule has 0 aromatic rings. The third-order valence-electron chi connectivity index (χ3n) is 2.47. The van der Waals surface area contributed by atoms with Gasteiger partial charge in [0, 0.05) is 12.6 Å². The summed E-state index contributed by atoms with van der Waals surface area (Å²) in [5, 5.41) is 3.19. The highest BCUT2D eigenvalue weighted by molar-refractivity contribution is 4.65. The van der Waals surface area contributed by atoms with E-state index in [1.807, 2.05) is 7.05 Å². The van der Waals surface area contributed by atoms with Crippen molar-refractivity contribution < 1.29 is 4.74 Å². The van der Waals surface area contributed by atoms with Gasteiger partial charge in [-0.25, -0.2) is 0 Å². The van der Waals surface area contributed by atoms with Crippen LogP contribution in [-0.2, 0) is 4.74 Å². The largest absolute Gasteiger partial charge is 0.377 e. The van der Waals surface area contributed by atoms with Crippen molar-refractivity contribution in [3.05, 3.63) is 0 Å². The van der Waals surface area contributed by atoms with Gasteiger partial charge in [-0.05, 0) is 39.7 Å². The van der Waals surface area contributed by atoms with Crippen molar-refractivity contribution >= 4 is 0 Å². The Bertz CT molecular complexity index is 115. The van der Waals surface area contributed by atoms with Gasteiger partial charge < -0.3 is 10.1 Å². The van der Waals surface area contributed by atoms with Gasteiger partial charge >= 0.3 is 0 Å². The molecule has 0 aliphatic carbocycles. The molecule has 2 heteroatoms. The molecule has 0 fully saturated rings. The van der Waals surface area contributed by atoms with Gasteiger partial charge in [0.05, 0.1) is 6.10 Å². The van der Waals surface area contributed by atoms with E-state index < -0.39 is 0 Å². The van der Waals surface area contributed by atoms with Crippen LogP contribution in [0.3, 0.4) is 0 Å². The average Bonchev–Trinajstić information content (AvgIpc) is 2.10. The van der Waals surface area contributed by atoms with Crippen LogP contribution in [-0.4, -0.2) is 25.8 Å². The molecule has 0 saturated carbocycles. The molecule has 0 bridgehead atoms. The summed E-state index contributed by atoms with van der Waals surface area (Å²) in [6.45, 7) is 9.66. The van der Waals surface area contributed by atoms with E-state index in [4.69, 9.17) is 4.74 Å². The molecule has 1 N–H and O–H groups in total. The van der Waals surface area contributed by atoms with Crippen LogP contribution >= 0.6 is 0 Å². The molecular formula is C11H25NO. The van der Waals surface area contributed by atoms with E-state index in [0.717, 1.165) is 12.5 Å². The van der Waals surface area contributed by atoms with Gasteiger partial charge in [0.2, 0.25) is 0 Å². The molecular weight excluding hydrogens is 162 g/mol. The molecule has 0 aromatic carbocycles. The minimum atomic E-state index is 0.317. The maximum Gasteiger partial charge on any atom is 0.0697 e. The van der Waals surface area contributed by atoms with Gasteiger partial charge in [-0.15, -0.1) is 0 Å². The second-order valence-corrected chi connectivity index (χ2v) is 4.19. The Labute approximate surface area is 83.1 Å². The second kappa shape index (κ2) is 7.34. The molecule has 0 spiro atoms. The molecule has 0 radical (unpaired) electrons. The van der Waals surface area contributed by atoms with Crippen molar-refractivity contribution in [2.24, 2.45) is 5.92 Å². The molecule has 0 aliphatic rings. The van der Waals surface area contributed by atoms with E-state index in [0.29, 0.717) is 12.1 Å². The van der Waals surface area contributed by atoms with Crippen molar-refractivity contribution in [2.45, 2.75) is 52.7 Å². The van der Waals surface area contributed by atoms with Gasteiger partial charge in [-0.1, -0.05) is 13.8 Å². The SMILES string of the molecule is CNC(C)C(C)OCCCC(C)C. The summed E-state index contributed by atoms with van der Waals surface area (Å²) in [6.07, 6.45) is 2.76. The van der Waals surface area contributed by atoms with E-state index in [-0.39, 0.29) is 0 Å². The van der Waals surface area contributed by atoms with E-state index >= 15 is 0 Å². The van der Waals surface area contributed by atoms with E-state index in [1.165, 1.54) is 12.8 Å². The fourth-order valence-electron chi connectivity index (χ4n) is 1.14. The Hall–Kier alpha value is -0.0800. The second-order valence-electron chi connectivity index (χ2n) is 4.19. The lowest BCUT2D eigenvalue weighted by Gasteiger charge is -2.19. The minimum Gasteiger partial charge on any atom is -0.377 e. The molecule has 13 heavy (non-hydrogen) atoms. The monoisotopic (exact) mass is 187 g/mol. The molecule has 80 valence electrons. The van der Waals surface area contributed by atoms with Crippen LogP contribution < -0.4 is 5.32 Å². The summed E-state index contributed by atoms with van der Waals surface area (Å²) in [5.74, 6) is 0.792. The van der Waals surface area contributed by atoms with Crippen molar-refractivity contribution in [3.63, 3.8) is 0 Å². The van der Waals surface area contributed by atoms with Crippen LogP contribution in [0.25, 0.3) is 0 Å². The summed E-state index contributed by atoms with van der Waals surface area (Å²) in [6, 6.07) is 0.444. The van der Waals surface area contributed by atoms with Crippen LogP contribution in [0.15, 0.2) is 0 Å². The zero-order chi connectivity index (χ0) is 10.3. The van der Waals surface area contributed by atoms with E-state index in [9.17, 15) is 0 Å². The number of rotatable bonds is 7. The molecule has 2 nitrogen and oxygen atoms in total. The van der Waals surface area contributed by atoms with Crippen molar-refractivity contribution in [2.75, 3.05) is 13.7 Å². The van der Waals surface area contributed by atoms with Crippen LogP contribution in [0.2, 0.25) is 0 Å². The van der Waals surface area contributed by atoms with E-state index in [1.54, 1.807) is 0 Å². The topological polar surface area (TPSA) is 21.3 Å². The van der Waals surface area contributed by atoms with Crippen LogP contribution in [0.4, 0.5) is 0 Å². The third kappa shape index (κ3) is 7.03. The highest BCUT2D eigenvalue weighted by Gasteiger charge is 2.09. The minimum absolute atomic E-state index is 0.317. The van der Waals surface area contributed by atoms with Crippen molar-refractivity contribution in [1.29, 1.82) is 0 Å². The first-order chi connectivity index (χ1) is 6.07. The van der Waals surface area contributed by atoms with Crippen molar-refractivity contribution in [3.8, 4) is 0 Å². The molecule has 2 atom stereocenters. The number of hydrogen-bond donors (Lipinski definition) is 1. The Morgan fingerprint density at radius 1 is 1.15 bits per heavy atom. The summed E-state index contributed by atoms with van der Waals surface area (Å²) in [5.41, 5.74) is 0. The van der Waals surface area contributed by atoms with Gasteiger partial charge in [0.15, 0.2) is 0 Å². The Morgan fingerprint density at radius 2 is 1.77 bits per heavy atom. The highest BCUT2D eigenvalue weighted by Crippen LogP contribution is 2.05. The van der Waals surface area contributed by atoms with Gasteiger partial charge in [0.1, 0.15) is 0 Å². The predicted octanol–water partition coefficient (Wildman–Crippen LogP) is 2.44. The number of nitrogens with one attached hydrogen (secondary N) is 1. The van der Waals surface area contributed by atoms with Crippen LogP contribution in [0.5, 0.6) is 0 Å². The third-order valence-corrected chi connectivity index (χ3v) is 2.47. The molecule has 0 aromatic heterocycles. The molecule has 0 saturated heterocycles. The molecule has 0 amide bonds. The first-order valence-electron chi connectivity index (χ1n) is 5.36. The lowest BCUT2D eigenvalue weighted by Crippen LogP contribution is -2.34. The summed E-state index contributed by atoms with van der Waals surface area (Å²) in [7, 11) is 1.97. The number of ether oxygens (including phenoxy) is 1. The van der Waals surface area contributed by atoms with Crippen LogP contribution in [0.1, 0.15) is 40.5 Å². The standard InChI is InChI=1S/C11H25NO/c1-9(2)7-6-8-13-11(4)10(3)12-5/h9-12H,6-8H2,1-5H3. The quantitative estimate of drug-likeness (QED) is 0.618. The van der Waals surface area contributed by atoms with Crippen molar-refractivity contribution in [1.82, 2.24) is 5.32 Å². The maximum atomic E-state index is 5.68. The normalized spacial score (nSPS) is 16.2. The average molecular weight is 187 g/mol. The Kier molecular flexibility index (Phi) is 7.29. The van der Waals surface area contributed by atoms with Gasteiger partial charge in [0.25, 0.3) is 0 Å². The molecule has 2 unspecified atom stereocenters. The lowest BCUT2D eigenvalue weighted by atomic mass is 10.1. The smallest absolute Gasteiger partial charge is 0.0697 e. The molecule has 0 aliphatic heterocycles. The Morgan fingerprint density at radius 3 is 2.23 bits per heavy atom. The van der Waals surface area contributed by atoms with E-state index in [2.05, 4.69) is 33.0 Å². The lowest BCUT2D eigenvalue weighted by molar-refractivity contribution is 0.0416. The number of hydrogen-bond acceptors (Lipinski definition) is 2. The number of likely N-dealkylation sites (N-methyl/N-ethyl adjacent to an activating group) is 1. The van der Waals surface area contributed by atoms with Gasteiger partial charge in [-0.2, -0.15) is 0 Å². The fourth-order valence-corrected chi connectivity index (χ4v) is 1.14. The van der Waals surface area contributed by atoms with Crippen LogP contribution in [0, 0.1) is 5.92 Å². The summed E-state index contributed by atoms with van der Waals surface area (Å²) in [4.78, 5) is 0. The highest BCUT2D eigenvalue weighted by atomic mass is 16.5. The first-order valence-corrected chi connectivity index (χ1v) is 5.36. The molecule has 0 rings (SSSR count). The summed E-state index contributed by atoms with van der Waals surface area (Å²) < 4.78 is 5.68. The zero-order valence-electron chi connectivity index (χ0n) is 9.76. The molecule has 0 heterocycles. The van der Waals surface area contributed by atoms with Gasteiger partial charge in [-0.3, -0.25) is 0 Å². The maximum absolute atomic E-state index is 5.68. The first kappa shape index (κ1) is 12.9. The Balaban J connectivity index is 3.31. The predicted molar refractivity (Wildman–Crippen MR) is 58.0 cm³/mol.